The Kier molecular flexibility index (Phi) is 6.85. The third kappa shape index (κ3) is 5.46. The Bertz CT molecular complexity index is 1970. The fourth-order valence-corrected chi connectivity index (χ4v) is 5.01. The monoisotopic (exact) mass is 614 g/mol. The van der Waals surface area contributed by atoms with Crippen LogP contribution in [0.5, 0.6) is 0 Å². The molecule has 1 amide bonds. The fraction of sp³-hybridized carbons (Fsp3) is 0.0714. The first-order valence-electron chi connectivity index (χ1n) is 12.0. The van der Waals surface area contributed by atoms with Crippen LogP contribution < -0.4 is 5.32 Å². The second-order valence-electron chi connectivity index (χ2n) is 9.10. The summed E-state index contributed by atoms with van der Waals surface area (Å²) in [5, 5.41) is 13.5. The topological polar surface area (TPSA) is 77.1 Å². The van der Waals surface area contributed by atoms with Gasteiger partial charge in [-0.25, -0.2) is 9.50 Å². The number of amides is 1. The van der Waals surface area contributed by atoms with Crippen LogP contribution in [0.3, 0.4) is 0 Å². The highest BCUT2D eigenvalue weighted by atomic mass is 35.5. The minimum Gasteiger partial charge on any atom is -0.302 e. The number of hydrogen-bond donors (Lipinski definition) is 1. The predicted molar refractivity (Wildman–Crippen MR) is 152 cm³/mol. The molecule has 206 valence electrons. The molecule has 6 aromatic rings. The molecular weight excluding hydrogens is 600 g/mol. The maximum atomic E-state index is 14.1. The Labute approximate surface area is 245 Å². The lowest BCUT2D eigenvalue weighted by molar-refractivity contribution is -0.142. The first-order valence-corrected chi connectivity index (χ1v) is 13.1. The van der Waals surface area contributed by atoms with Crippen LogP contribution in [-0.4, -0.2) is 30.3 Å². The highest BCUT2D eigenvalue weighted by Crippen LogP contribution is 2.33. The van der Waals surface area contributed by atoms with Crippen molar-refractivity contribution >= 4 is 62.9 Å². The summed E-state index contributed by atoms with van der Waals surface area (Å²) in [5.41, 5.74) is -0.243. The van der Waals surface area contributed by atoms with Crippen LogP contribution >= 0.6 is 34.8 Å². The van der Waals surface area contributed by atoms with Crippen molar-refractivity contribution in [2.24, 2.45) is 0 Å². The van der Waals surface area contributed by atoms with Crippen molar-refractivity contribution < 1.29 is 18.0 Å². The lowest BCUT2D eigenvalue weighted by Gasteiger charge is -2.11. The van der Waals surface area contributed by atoms with Gasteiger partial charge in [-0.05, 0) is 40.6 Å². The lowest BCUT2D eigenvalue weighted by atomic mass is 10.0. The molecule has 6 rings (SSSR count). The summed E-state index contributed by atoms with van der Waals surface area (Å²) in [6, 6.07) is 19.8. The molecule has 0 unspecified atom stereocenters. The van der Waals surface area contributed by atoms with Gasteiger partial charge in [0.05, 0.1) is 12.2 Å². The van der Waals surface area contributed by atoms with Gasteiger partial charge in [0.15, 0.2) is 22.9 Å². The molecule has 3 aromatic carbocycles. The van der Waals surface area contributed by atoms with E-state index in [1.165, 1.54) is 16.9 Å². The van der Waals surface area contributed by atoms with Gasteiger partial charge in [-0.3, -0.25) is 9.48 Å². The molecule has 3 heterocycles. The zero-order chi connectivity index (χ0) is 28.9. The zero-order valence-electron chi connectivity index (χ0n) is 20.6. The number of fused-ring (bicyclic) bond motifs is 2. The summed E-state index contributed by atoms with van der Waals surface area (Å²) >= 11 is 18.4. The fourth-order valence-electron chi connectivity index (χ4n) is 4.34. The number of carbonyl (C=O) groups is 1. The molecule has 7 nitrogen and oxygen atoms in total. The Morgan fingerprint density at radius 1 is 0.878 bits per heavy atom. The molecule has 0 bridgehead atoms. The number of hydrogen-bond acceptors (Lipinski definition) is 4. The molecule has 0 aliphatic carbocycles. The van der Waals surface area contributed by atoms with Gasteiger partial charge in [0.2, 0.25) is 0 Å². The number of alkyl halides is 3. The Balaban J connectivity index is 1.32. The minimum atomic E-state index is -4.77. The van der Waals surface area contributed by atoms with Crippen LogP contribution in [0.25, 0.3) is 27.7 Å². The summed E-state index contributed by atoms with van der Waals surface area (Å²) in [6.07, 6.45) is -3.29. The van der Waals surface area contributed by atoms with Gasteiger partial charge in [-0.15, -0.1) is 0 Å². The van der Waals surface area contributed by atoms with E-state index in [9.17, 15) is 18.0 Å². The van der Waals surface area contributed by atoms with E-state index < -0.39 is 17.8 Å². The first-order chi connectivity index (χ1) is 19.5. The Morgan fingerprint density at radius 2 is 1.66 bits per heavy atom. The summed E-state index contributed by atoms with van der Waals surface area (Å²) in [4.78, 5) is 17.4. The van der Waals surface area contributed by atoms with E-state index in [1.54, 1.807) is 30.3 Å². The van der Waals surface area contributed by atoms with Gasteiger partial charge < -0.3 is 5.32 Å². The number of nitrogens with zero attached hydrogens (tertiary/aromatic N) is 5. The van der Waals surface area contributed by atoms with Crippen molar-refractivity contribution in [2.45, 2.75) is 12.7 Å². The average molecular weight is 616 g/mol. The third-order valence-electron chi connectivity index (χ3n) is 6.29. The smallest absolute Gasteiger partial charge is 0.302 e. The predicted octanol–water partition coefficient (Wildman–Crippen LogP) is 8.03. The number of rotatable bonds is 5. The van der Waals surface area contributed by atoms with E-state index in [1.807, 2.05) is 30.3 Å². The molecule has 1 N–H and O–H groups in total. The summed E-state index contributed by atoms with van der Waals surface area (Å²) < 4.78 is 44.3. The molecule has 0 radical (unpaired) electrons. The van der Waals surface area contributed by atoms with Crippen molar-refractivity contribution in [3.05, 3.63) is 111 Å². The van der Waals surface area contributed by atoms with Gasteiger partial charge in [0.25, 0.3) is 5.91 Å². The van der Waals surface area contributed by atoms with Crippen molar-refractivity contribution in [1.29, 1.82) is 0 Å². The van der Waals surface area contributed by atoms with E-state index in [2.05, 4.69) is 20.5 Å². The number of aromatic nitrogens is 5. The van der Waals surface area contributed by atoms with Crippen LogP contribution in [0.15, 0.2) is 79.0 Å². The Morgan fingerprint density at radius 3 is 2.41 bits per heavy atom. The number of carbonyl (C=O) groups excluding carboxylic acids is 1. The van der Waals surface area contributed by atoms with Gasteiger partial charge in [-0.1, -0.05) is 77.3 Å². The number of benzene rings is 3. The summed E-state index contributed by atoms with van der Waals surface area (Å²) in [5.74, 6) is -0.813. The van der Waals surface area contributed by atoms with E-state index in [-0.39, 0.29) is 34.4 Å². The second-order valence-corrected chi connectivity index (χ2v) is 10.3. The van der Waals surface area contributed by atoms with Crippen LogP contribution in [0.1, 0.15) is 21.7 Å². The zero-order valence-corrected chi connectivity index (χ0v) is 22.9. The highest BCUT2D eigenvalue weighted by Gasteiger charge is 2.36. The van der Waals surface area contributed by atoms with Crippen LogP contribution in [0, 0.1) is 0 Å². The largest absolute Gasteiger partial charge is 0.433 e. The molecule has 0 atom stereocenters. The Hall–Kier alpha value is -4.12. The SMILES string of the molecule is O=C(Nc1nn(Cc2ccc(Cl)cc2Cl)cc1Cl)c1cc2nc(-c3ccc4ccccc4c3)cc(C(F)(F)F)n2n1. The first kappa shape index (κ1) is 27.1. The van der Waals surface area contributed by atoms with E-state index >= 15 is 0 Å². The van der Waals surface area contributed by atoms with Crippen LogP contribution in [0.4, 0.5) is 19.0 Å². The summed E-state index contributed by atoms with van der Waals surface area (Å²) in [7, 11) is 0. The molecular formula is C28H16Cl3F3N6O. The van der Waals surface area contributed by atoms with Gasteiger partial charge in [0.1, 0.15) is 5.02 Å². The minimum absolute atomic E-state index is 0.000310. The maximum Gasteiger partial charge on any atom is 0.433 e. The molecule has 13 heteroatoms. The van der Waals surface area contributed by atoms with E-state index in [4.69, 9.17) is 34.8 Å². The van der Waals surface area contributed by atoms with Crippen molar-refractivity contribution in [1.82, 2.24) is 24.4 Å². The summed E-state index contributed by atoms with van der Waals surface area (Å²) in [6.45, 7) is 0.233. The molecule has 0 spiro atoms. The number of anilines is 1. The standard InChI is InChI=1S/C28H16Cl3F3N6O/c29-19-8-7-18(20(30)10-19)13-39-14-21(31)26(38-39)36-27(41)23-12-25-35-22(11-24(28(32,33)34)40(25)37-23)17-6-5-15-3-1-2-4-16(15)9-17/h1-12,14H,13H2,(H,36,38,41). The second kappa shape index (κ2) is 10.4. The van der Waals surface area contributed by atoms with E-state index in [0.717, 1.165) is 16.8 Å². The van der Waals surface area contributed by atoms with Gasteiger partial charge in [0, 0.05) is 27.9 Å². The van der Waals surface area contributed by atoms with Gasteiger partial charge >= 0.3 is 6.18 Å². The number of halogens is 6. The number of nitrogens with one attached hydrogen (secondary N) is 1. The molecule has 0 fully saturated rings. The quantitative estimate of drug-likeness (QED) is 0.213. The normalized spacial score (nSPS) is 11.9. The molecule has 0 saturated carbocycles. The van der Waals surface area contributed by atoms with Crippen molar-refractivity contribution in [2.75, 3.05) is 5.32 Å². The van der Waals surface area contributed by atoms with E-state index in [0.29, 0.717) is 25.7 Å². The maximum absolute atomic E-state index is 14.1. The lowest BCUT2D eigenvalue weighted by Crippen LogP contribution is -2.16. The average Bonchev–Trinajstić information content (AvgIpc) is 3.51. The van der Waals surface area contributed by atoms with Crippen molar-refractivity contribution in [3.63, 3.8) is 0 Å². The van der Waals surface area contributed by atoms with Crippen LogP contribution in [0.2, 0.25) is 15.1 Å². The third-order valence-corrected chi connectivity index (χ3v) is 7.16. The van der Waals surface area contributed by atoms with Crippen molar-refractivity contribution in [3.8, 4) is 11.3 Å². The molecule has 0 aliphatic rings. The molecule has 3 aromatic heterocycles. The van der Waals surface area contributed by atoms with Gasteiger partial charge in [-0.2, -0.15) is 23.4 Å². The molecule has 41 heavy (non-hydrogen) atoms. The molecule has 0 saturated heterocycles. The van der Waals surface area contributed by atoms with Crippen LogP contribution in [-0.2, 0) is 12.7 Å². The molecule has 0 aliphatic heterocycles. The highest BCUT2D eigenvalue weighted by molar-refractivity contribution is 6.35.